The van der Waals surface area contributed by atoms with Gasteiger partial charge in [-0.1, -0.05) is 29.7 Å². The van der Waals surface area contributed by atoms with Gasteiger partial charge in [0.1, 0.15) is 34.3 Å². The van der Waals surface area contributed by atoms with Crippen LogP contribution in [-0.4, -0.2) is 97.9 Å². The summed E-state index contributed by atoms with van der Waals surface area (Å²) >= 11 is 6.03. The number of likely N-dealkylation sites (N-methyl/N-ethyl adjacent to an activating group) is 1. The van der Waals surface area contributed by atoms with Gasteiger partial charge in [0.15, 0.2) is 0 Å². The number of aromatic hydroxyl groups is 1. The minimum absolute atomic E-state index is 0.0231. The van der Waals surface area contributed by atoms with Gasteiger partial charge in [0.2, 0.25) is 0 Å². The van der Waals surface area contributed by atoms with E-state index < -0.39 is 39.3 Å². The number of nitrogens with zero attached hydrogens (tertiary/aromatic N) is 7. The number of azo groups is 1. The van der Waals surface area contributed by atoms with Gasteiger partial charge in [-0.2, -0.15) is 23.4 Å². The third kappa shape index (κ3) is 19.1. The number of nitrogens with one attached hydrogen (secondary N) is 4. The molecule has 0 saturated heterocycles. The van der Waals surface area contributed by atoms with Crippen LogP contribution in [-0.2, 0) is 16.2 Å². The first kappa shape index (κ1) is 60.1. The average Bonchev–Trinajstić information content (AvgIpc) is 3.85. The number of aliphatic hydroxyl groups is 1. The van der Waals surface area contributed by atoms with Crippen LogP contribution in [0.1, 0.15) is 58.7 Å². The molecule has 0 saturated carbocycles. The van der Waals surface area contributed by atoms with Gasteiger partial charge in [-0.25, -0.2) is 28.0 Å². The number of halogens is 4. The standard InChI is InChI=1S/C18H26ClN3O.C18H14N4O5S.C12H9F3N2O2.C4H5N3O/c1-3-22(11-12-23)10-4-5-14(2)21-17-8-9-20-18-13-15(19)6-7-16(17)18;23-16-9-6-13(11-15(16)18(24)25)21-20-12-4-7-14(8-5-12)28(26,27)22-17-3-1-2-10-19-17;1-7-10(6-16-19-7)11(18)17-9-4-2-8(3-5-9)12(13,14)15;5-3-1-2-6-4(8)7-3/h6-9,13-14,23H,3-5,10-12H2,1-2H3,(H,20,21);1-11,23H,(H,19,22)(H,24,25);2-6H,1H3,(H,17,18);1-2H,(H3,5,6,7,8). The van der Waals surface area contributed by atoms with Crippen LogP contribution in [0, 0.1) is 6.92 Å². The maximum Gasteiger partial charge on any atom is 0.416 e. The number of sulfonamides is 1. The van der Waals surface area contributed by atoms with E-state index in [1.165, 1.54) is 85.3 Å². The molecular formula is C52H54ClF3N12O9S. The number of hydrogen-bond acceptors (Lipinski definition) is 17. The van der Waals surface area contributed by atoms with Crippen molar-refractivity contribution in [3.05, 3.63) is 178 Å². The van der Waals surface area contributed by atoms with Crippen molar-refractivity contribution in [3.63, 3.8) is 0 Å². The molecule has 21 nitrogen and oxygen atoms in total. The van der Waals surface area contributed by atoms with Gasteiger partial charge in [-0.05, 0) is 149 Å². The number of aromatic carboxylic acids is 1. The maximum atomic E-state index is 12.4. The van der Waals surface area contributed by atoms with Crippen molar-refractivity contribution < 1.29 is 51.0 Å². The zero-order valence-electron chi connectivity index (χ0n) is 42.0. The number of phenols is 1. The number of nitrogen functional groups attached to an aromatic ring is 1. The molecule has 26 heteroatoms. The number of fused-ring (bicyclic) bond motifs is 1. The molecule has 0 bridgehead atoms. The second-order valence-corrected chi connectivity index (χ2v) is 18.7. The van der Waals surface area contributed by atoms with E-state index in [-0.39, 0.29) is 45.6 Å². The van der Waals surface area contributed by atoms with Gasteiger partial charge in [-0.15, -0.1) is 0 Å². The number of hydrogen-bond donors (Lipinski definition) is 8. The van der Waals surface area contributed by atoms with Crippen molar-refractivity contribution in [1.82, 2.24) is 30.0 Å². The van der Waals surface area contributed by atoms with Gasteiger partial charge in [-0.3, -0.25) is 19.5 Å². The number of anilines is 4. The van der Waals surface area contributed by atoms with Crippen LogP contribution in [0.2, 0.25) is 5.02 Å². The minimum atomic E-state index is -4.40. The molecule has 0 aliphatic heterocycles. The fourth-order valence-electron chi connectivity index (χ4n) is 6.80. The Kier molecular flexibility index (Phi) is 22.3. The number of H-pyrrole nitrogens is 1. The number of carboxylic acid groups (broad SMARTS) is 1. The average molecular weight is 1120 g/mol. The molecule has 0 aliphatic carbocycles. The Bertz CT molecular complexity index is 3430. The number of nitrogens with two attached hydrogens (primary N) is 1. The number of carbonyl (C=O) groups is 2. The van der Waals surface area contributed by atoms with Crippen molar-refractivity contribution in [2.24, 2.45) is 10.2 Å². The number of aryl methyl sites for hydroxylation is 1. The third-order valence-corrected chi connectivity index (χ3v) is 12.4. The second kappa shape index (κ2) is 28.9. The van der Waals surface area contributed by atoms with Gasteiger partial charge >= 0.3 is 17.8 Å². The first-order valence-electron chi connectivity index (χ1n) is 23.5. The van der Waals surface area contributed by atoms with Crippen LogP contribution in [0.3, 0.4) is 0 Å². The molecule has 9 N–H and O–H groups in total. The molecule has 8 rings (SSSR count). The Morgan fingerprint density at radius 2 is 1.59 bits per heavy atom. The molecule has 78 heavy (non-hydrogen) atoms. The first-order valence-corrected chi connectivity index (χ1v) is 25.4. The zero-order valence-corrected chi connectivity index (χ0v) is 43.6. The van der Waals surface area contributed by atoms with Crippen LogP contribution in [0.5, 0.6) is 5.75 Å². The van der Waals surface area contributed by atoms with Crippen LogP contribution in [0.4, 0.5) is 47.6 Å². The van der Waals surface area contributed by atoms with Crippen LogP contribution in [0.25, 0.3) is 10.9 Å². The summed E-state index contributed by atoms with van der Waals surface area (Å²) < 4.78 is 68.8. The third-order valence-electron chi connectivity index (χ3n) is 10.8. The summed E-state index contributed by atoms with van der Waals surface area (Å²) in [6.45, 7) is 8.89. The molecule has 4 heterocycles. The number of aliphatic hydroxyl groups excluding tert-OH is 1. The molecule has 8 aromatic rings. The van der Waals surface area contributed by atoms with Crippen molar-refractivity contribution in [2.45, 2.75) is 50.7 Å². The Labute approximate surface area is 450 Å². The summed E-state index contributed by atoms with van der Waals surface area (Å²) in [6, 6.07) is 28.1. The maximum absolute atomic E-state index is 12.4. The summed E-state index contributed by atoms with van der Waals surface area (Å²) in [5.74, 6) is -1.27. The van der Waals surface area contributed by atoms with Gasteiger partial charge in [0.05, 0.1) is 40.2 Å². The van der Waals surface area contributed by atoms with Crippen molar-refractivity contribution in [2.75, 3.05) is 47.3 Å². The quantitative estimate of drug-likeness (QED) is 0.0393. The lowest BCUT2D eigenvalue weighted by atomic mass is 10.1. The number of carbonyl (C=O) groups excluding carboxylic acids is 1. The zero-order chi connectivity index (χ0) is 56.8. The molecule has 4 aromatic heterocycles. The van der Waals surface area contributed by atoms with E-state index in [0.29, 0.717) is 28.3 Å². The number of benzene rings is 4. The molecule has 4 aromatic carbocycles. The van der Waals surface area contributed by atoms with E-state index in [9.17, 15) is 41.1 Å². The molecule has 0 aliphatic rings. The normalized spacial score (nSPS) is 11.6. The Morgan fingerprint density at radius 1 is 0.885 bits per heavy atom. The monoisotopic (exact) mass is 1110 g/mol. The minimum Gasteiger partial charge on any atom is -0.507 e. The summed E-state index contributed by atoms with van der Waals surface area (Å²) in [5, 5.41) is 46.6. The van der Waals surface area contributed by atoms with E-state index in [1.54, 1.807) is 19.1 Å². The predicted molar refractivity (Wildman–Crippen MR) is 289 cm³/mol. The lowest BCUT2D eigenvalue weighted by molar-refractivity contribution is -0.137. The van der Waals surface area contributed by atoms with Gasteiger partial charge in [0, 0.05) is 53.0 Å². The summed E-state index contributed by atoms with van der Waals surface area (Å²) in [4.78, 5) is 49.2. The number of pyridine rings is 2. The fraction of sp³-hybridized carbons (Fsp3) is 0.212. The second-order valence-electron chi connectivity index (χ2n) is 16.5. The Hall–Kier alpha value is -8.78. The lowest BCUT2D eigenvalue weighted by Crippen LogP contribution is -2.28. The van der Waals surface area contributed by atoms with E-state index in [4.69, 9.17) is 32.1 Å². The summed E-state index contributed by atoms with van der Waals surface area (Å²) in [5.41, 5.74) is 6.78. The molecule has 0 spiro atoms. The molecule has 0 fully saturated rings. The highest BCUT2D eigenvalue weighted by Gasteiger charge is 2.30. The smallest absolute Gasteiger partial charge is 0.416 e. The lowest BCUT2D eigenvalue weighted by Gasteiger charge is -2.21. The van der Waals surface area contributed by atoms with Gasteiger partial charge in [0.25, 0.3) is 15.9 Å². The number of aromatic amines is 1. The van der Waals surface area contributed by atoms with Gasteiger partial charge < -0.3 is 41.1 Å². The largest absolute Gasteiger partial charge is 0.507 e. The van der Waals surface area contributed by atoms with Crippen molar-refractivity contribution in [1.29, 1.82) is 0 Å². The van der Waals surface area contributed by atoms with Crippen LogP contribution in [0.15, 0.2) is 164 Å². The van der Waals surface area contributed by atoms with E-state index in [0.717, 1.165) is 61.2 Å². The SMILES string of the molecule is CCN(CCO)CCCC(C)Nc1ccnc2cc(Cl)ccc12.Cc1oncc1C(=O)Nc1ccc(C(F)(F)F)cc1.Nc1ccnc(=O)[nH]1.O=C(O)c1cc(N=Nc2ccc(S(=O)(=O)Nc3ccccn3)cc2)ccc1O. The summed E-state index contributed by atoms with van der Waals surface area (Å²) in [6.07, 6.45) is 3.68. The predicted octanol–water partition coefficient (Wildman–Crippen LogP) is 10.1. The fourth-order valence-corrected chi connectivity index (χ4v) is 7.97. The summed E-state index contributed by atoms with van der Waals surface area (Å²) in [7, 11) is -3.79. The molecule has 0 radical (unpaired) electrons. The van der Waals surface area contributed by atoms with Crippen LogP contribution < -0.4 is 26.8 Å². The highest BCUT2D eigenvalue weighted by Crippen LogP contribution is 2.31. The van der Waals surface area contributed by atoms with Crippen LogP contribution >= 0.6 is 11.6 Å². The number of alkyl halides is 3. The highest BCUT2D eigenvalue weighted by molar-refractivity contribution is 7.92. The van der Waals surface area contributed by atoms with Crippen molar-refractivity contribution >= 4 is 78.8 Å². The van der Waals surface area contributed by atoms with E-state index in [1.807, 2.05) is 30.5 Å². The Balaban J connectivity index is 0.000000204. The van der Waals surface area contributed by atoms with Crippen molar-refractivity contribution in [3.8, 4) is 5.75 Å². The molecule has 1 unspecified atom stereocenters. The first-order chi connectivity index (χ1) is 37.1. The number of carboxylic acids is 1. The number of rotatable bonds is 17. The molecule has 1 atom stereocenters. The van der Waals surface area contributed by atoms with E-state index in [2.05, 4.69) is 69.4 Å². The Morgan fingerprint density at radius 3 is 2.19 bits per heavy atom. The molecule has 410 valence electrons. The van der Waals surface area contributed by atoms with E-state index >= 15 is 0 Å². The molecule has 1 amide bonds. The number of amides is 1. The highest BCUT2D eigenvalue weighted by atomic mass is 35.5. The number of aromatic nitrogens is 5. The molecular weight excluding hydrogens is 1060 g/mol. The topological polar surface area (TPSA) is 317 Å².